The molecule has 0 aromatic rings. The topological polar surface area (TPSA) is 42.9 Å². The number of halogens is 4. The van der Waals surface area contributed by atoms with Crippen LogP contribution in [0.25, 0.3) is 0 Å². The van der Waals surface area contributed by atoms with Crippen molar-refractivity contribution in [2.45, 2.75) is 52.4 Å². The number of nitrogens with one attached hydrogen (secondary N) is 2. The standard InChI is InChI=1S/C16H34F3N5.HI/c1-13(2)24(14(3)4)11-9-22-15(20-5)21-8-7-10-23(6)12-16(17,18)19;/h13-14H,7-12H2,1-6H3,(H2,20,21,22);1H. The third-order valence-electron chi connectivity index (χ3n) is 3.67. The van der Waals surface area contributed by atoms with Crippen molar-refractivity contribution in [2.75, 3.05) is 46.8 Å². The van der Waals surface area contributed by atoms with Crippen LogP contribution in [0, 0.1) is 0 Å². The van der Waals surface area contributed by atoms with E-state index in [4.69, 9.17) is 0 Å². The molecule has 0 amide bonds. The first-order valence-electron chi connectivity index (χ1n) is 8.52. The van der Waals surface area contributed by atoms with Gasteiger partial charge in [-0.3, -0.25) is 14.8 Å². The second-order valence-corrected chi connectivity index (χ2v) is 6.56. The lowest BCUT2D eigenvalue weighted by molar-refractivity contribution is -0.143. The molecule has 9 heteroatoms. The van der Waals surface area contributed by atoms with Crippen molar-refractivity contribution in [3.63, 3.8) is 0 Å². The van der Waals surface area contributed by atoms with Crippen molar-refractivity contribution in [1.82, 2.24) is 20.4 Å². The first-order chi connectivity index (χ1) is 11.1. The van der Waals surface area contributed by atoms with Gasteiger partial charge in [-0.15, -0.1) is 24.0 Å². The van der Waals surface area contributed by atoms with Gasteiger partial charge in [0.15, 0.2) is 5.96 Å². The van der Waals surface area contributed by atoms with E-state index in [1.807, 2.05) is 0 Å². The average molecular weight is 481 g/mol. The zero-order chi connectivity index (χ0) is 18.8. The zero-order valence-corrected chi connectivity index (χ0v) is 18.6. The quantitative estimate of drug-likeness (QED) is 0.218. The maximum atomic E-state index is 12.2. The van der Waals surface area contributed by atoms with Crippen LogP contribution in [0.5, 0.6) is 0 Å². The van der Waals surface area contributed by atoms with Gasteiger partial charge in [0.1, 0.15) is 0 Å². The fourth-order valence-corrected chi connectivity index (χ4v) is 2.58. The number of aliphatic imine (C=N–C) groups is 1. The van der Waals surface area contributed by atoms with Gasteiger partial charge in [-0.25, -0.2) is 0 Å². The van der Waals surface area contributed by atoms with E-state index in [2.05, 4.69) is 48.2 Å². The van der Waals surface area contributed by atoms with Crippen LogP contribution >= 0.6 is 24.0 Å². The van der Waals surface area contributed by atoms with Crippen LogP contribution in [-0.2, 0) is 0 Å². The highest BCUT2D eigenvalue weighted by molar-refractivity contribution is 14.0. The van der Waals surface area contributed by atoms with Crippen LogP contribution in [0.3, 0.4) is 0 Å². The van der Waals surface area contributed by atoms with Gasteiger partial charge in [0, 0.05) is 38.8 Å². The van der Waals surface area contributed by atoms with Crippen LogP contribution in [0.2, 0.25) is 0 Å². The van der Waals surface area contributed by atoms with Gasteiger partial charge in [0.25, 0.3) is 0 Å². The SMILES string of the molecule is CN=C(NCCCN(C)CC(F)(F)F)NCCN(C(C)C)C(C)C.I. The summed E-state index contributed by atoms with van der Waals surface area (Å²) in [6, 6.07) is 0.955. The molecular formula is C16H35F3IN5. The Balaban J connectivity index is 0. The van der Waals surface area contributed by atoms with Crippen molar-refractivity contribution in [3.05, 3.63) is 0 Å². The lowest BCUT2D eigenvalue weighted by Gasteiger charge is -2.30. The number of guanidine groups is 1. The lowest BCUT2D eigenvalue weighted by atomic mass is 10.2. The molecule has 0 bridgehead atoms. The molecule has 0 rings (SSSR count). The summed E-state index contributed by atoms with van der Waals surface area (Å²) >= 11 is 0. The Labute approximate surface area is 167 Å². The van der Waals surface area contributed by atoms with E-state index in [1.54, 1.807) is 7.05 Å². The van der Waals surface area contributed by atoms with E-state index in [0.717, 1.165) is 13.1 Å². The first kappa shape index (κ1) is 26.9. The predicted octanol–water partition coefficient (Wildman–Crippen LogP) is 2.77. The molecule has 0 fully saturated rings. The van der Waals surface area contributed by atoms with Crippen molar-refractivity contribution < 1.29 is 13.2 Å². The summed E-state index contributed by atoms with van der Waals surface area (Å²) in [6.45, 7) is 10.5. The molecule has 5 nitrogen and oxygen atoms in total. The molecule has 0 unspecified atom stereocenters. The Morgan fingerprint density at radius 1 is 1.00 bits per heavy atom. The number of hydrogen-bond acceptors (Lipinski definition) is 3. The van der Waals surface area contributed by atoms with Crippen LogP contribution < -0.4 is 10.6 Å². The molecule has 0 spiro atoms. The molecule has 2 N–H and O–H groups in total. The summed E-state index contributed by atoms with van der Waals surface area (Å²) < 4.78 is 36.7. The molecule has 0 saturated carbocycles. The van der Waals surface area contributed by atoms with E-state index < -0.39 is 12.7 Å². The highest BCUT2D eigenvalue weighted by atomic mass is 127. The van der Waals surface area contributed by atoms with Crippen LogP contribution in [0.15, 0.2) is 4.99 Å². The second kappa shape index (κ2) is 13.9. The minimum Gasteiger partial charge on any atom is -0.356 e. The highest BCUT2D eigenvalue weighted by Crippen LogP contribution is 2.15. The minimum atomic E-state index is -4.14. The van der Waals surface area contributed by atoms with Crippen molar-refractivity contribution >= 4 is 29.9 Å². The average Bonchev–Trinajstić information content (AvgIpc) is 2.42. The second-order valence-electron chi connectivity index (χ2n) is 6.56. The van der Waals surface area contributed by atoms with E-state index in [1.165, 1.54) is 11.9 Å². The molecule has 0 aliphatic carbocycles. The van der Waals surface area contributed by atoms with Gasteiger partial charge in [-0.1, -0.05) is 0 Å². The van der Waals surface area contributed by atoms with Crippen LogP contribution in [0.1, 0.15) is 34.1 Å². The maximum Gasteiger partial charge on any atom is 0.401 e. The number of nitrogens with zero attached hydrogens (tertiary/aromatic N) is 3. The summed E-state index contributed by atoms with van der Waals surface area (Å²) in [5.74, 6) is 0.681. The number of hydrogen-bond donors (Lipinski definition) is 2. The zero-order valence-electron chi connectivity index (χ0n) is 16.3. The van der Waals surface area contributed by atoms with Gasteiger partial charge in [-0.05, 0) is 47.7 Å². The van der Waals surface area contributed by atoms with Gasteiger partial charge in [0.2, 0.25) is 0 Å². The largest absolute Gasteiger partial charge is 0.401 e. The van der Waals surface area contributed by atoms with Gasteiger partial charge >= 0.3 is 6.18 Å². The van der Waals surface area contributed by atoms with Crippen LogP contribution in [0.4, 0.5) is 13.2 Å². The van der Waals surface area contributed by atoms with E-state index in [-0.39, 0.29) is 24.0 Å². The number of rotatable bonds is 10. The predicted molar refractivity (Wildman–Crippen MR) is 110 cm³/mol. The molecule has 152 valence electrons. The molecule has 0 atom stereocenters. The molecule has 0 radical (unpaired) electrons. The van der Waals surface area contributed by atoms with Gasteiger partial charge in [0.05, 0.1) is 6.54 Å². The van der Waals surface area contributed by atoms with Crippen molar-refractivity contribution in [1.29, 1.82) is 0 Å². The minimum absolute atomic E-state index is 0. The Hall–Kier alpha value is -0.290. The fourth-order valence-electron chi connectivity index (χ4n) is 2.58. The number of alkyl halides is 3. The molecule has 0 aromatic heterocycles. The summed E-state index contributed by atoms with van der Waals surface area (Å²) in [7, 11) is 3.17. The summed E-state index contributed by atoms with van der Waals surface area (Å²) in [4.78, 5) is 7.79. The maximum absolute atomic E-state index is 12.2. The molecule has 0 aromatic carbocycles. The Bertz CT molecular complexity index is 354. The molecule has 0 aliphatic rings. The van der Waals surface area contributed by atoms with E-state index >= 15 is 0 Å². The van der Waals surface area contributed by atoms with Gasteiger partial charge in [-0.2, -0.15) is 13.2 Å². The monoisotopic (exact) mass is 481 g/mol. The summed E-state index contributed by atoms with van der Waals surface area (Å²) in [6.07, 6.45) is -3.52. The van der Waals surface area contributed by atoms with Gasteiger partial charge < -0.3 is 10.6 Å². The molecule has 0 saturated heterocycles. The smallest absolute Gasteiger partial charge is 0.356 e. The molecular weight excluding hydrogens is 446 g/mol. The third kappa shape index (κ3) is 14.6. The Morgan fingerprint density at radius 2 is 1.52 bits per heavy atom. The van der Waals surface area contributed by atoms with Crippen molar-refractivity contribution in [3.8, 4) is 0 Å². The summed E-state index contributed by atoms with van der Waals surface area (Å²) in [5.41, 5.74) is 0. The summed E-state index contributed by atoms with van der Waals surface area (Å²) in [5, 5.41) is 6.37. The normalized spacial score (nSPS) is 12.9. The highest BCUT2D eigenvalue weighted by Gasteiger charge is 2.28. The van der Waals surface area contributed by atoms with E-state index in [0.29, 0.717) is 37.6 Å². The lowest BCUT2D eigenvalue weighted by Crippen LogP contribution is -2.45. The Kier molecular flexibility index (Phi) is 14.9. The molecule has 25 heavy (non-hydrogen) atoms. The third-order valence-corrected chi connectivity index (χ3v) is 3.67. The fraction of sp³-hybridized carbons (Fsp3) is 0.938. The Morgan fingerprint density at radius 3 is 1.96 bits per heavy atom. The van der Waals surface area contributed by atoms with E-state index in [9.17, 15) is 13.2 Å². The van der Waals surface area contributed by atoms with Crippen molar-refractivity contribution in [2.24, 2.45) is 4.99 Å². The molecule has 0 heterocycles. The first-order valence-corrected chi connectivity index (χ1v) is 8.52. The molecule has 0 aliphatic heterocycles. The van der Waals surface area contributed by atoms with Crippen LogP contribution in [-0.4, -0.2) is 80.8 Å².